The Morgan fingerprint density at radius 2 is 1.69 bits per heavy atom. The average Bonchev–Trinajstić information content (AvgIpc) is 3.00. The fourth-order valence-electron chi connectivity index (χ4n) is 5.83. The number of anilines is 2. The topological polar surface area (TPSA) is 110 Å². The summed E-state index contributed by atoms with van der Waals surface area (Å²) in [6.07, 6.45) is 3.19. The van der Waals surface area contributed by atoms with Crippen LogP contribution in [0.25, 0.3) is 0 Å². The lowest BCUT2D eigenvalue weighted by Crippen LogP contribution is -2.45. The SMILES string of the molecule is CC(=O)N1CCC(C(=O)N(CCCN2CCC(S(=O)(=O)c3ccc(NCCO)cc3)CC2)c2ccc(C)c(Cl)c2)CC1. The Labute approximate surface area is 254 Å². The molecule has 11 heteroatoms. The number of aryl methyl sites for hydroxylation is 1. The molecular weight excluding hydrogens is 576 g/mol. The Bertz CT molecular complexity index is 1320. The number of sulfone groups is 1. The predicted molar refractivity (Wildman–Crippen MR) is 167 cm³/mol. The fraction of sp³-hybridized carbons (Fsp3) is 0.548. The lowest BCUT2D eigenvalue weighted by molar-refractivity contribution is -0.133. The van der Waals surface area contributed by atoms with Crippen molar-refractivity contribution >= 4 is 44.6 Å². The van der Waals surface area contributed by atoms with E-state index in [0.29, 0.717) is 74.9 Å². The quantitative estimate of drug-likeness (QED) is 0.392. The molecule has 42 heavy (non-hydrogen) atoms. The van der Waals surface area contributed by atoms with Crippen LogP contribution in [-0.2, 0) is 19.4 Å². The molecule has 0 aromatic heterocycles. The average molecular weight is 619 g/mol. The molecule has 4 rings (SSSR count). The third kappa shape index (κ3) is 8.03. The molecule has 230 valence electrons. The number of carbonyl (C=O) groups is 2. The van der Waals surface area contributed by atoms with Crippen LogP contribution in [0, 0.1) is 12.8 Å². The Morgan fingerprint density at radius 1 is 1.02 bits per heavy atom. The first-order chi connectivity index (χ1) is 20.1. The summed E-state index contributed by atoms with van der Waals surface area (Å²) in [5.41, 5.74) is 2.52. The number of hydrogen-bond donors (Lipinski definition) is 2. The van der Waals surface area contributed by atoms with Crippen molar-refractivity contribution in [2.45, 2.75) is 56.1 Å². The van der Waals surface area contributed by atoms with Gasteiger partial charge in [0.2, 0.25) is 11.8 Å². The van der Waals surface area contributed by atoms with Gasteiger partial charge in [-0.05, 0) is 101 Å². The smallest absolute Gasteiger partial charge is 0.230 e. The molecule has 0 atom stereocenters. The molecule has 0 radical (unpaired) electrons. The summed E-state index contributed by atoms with van der Waals surface area (Å²) >= 11 is 6.43. The van der Waals surface area contributed by atoms with Crippen LogP contribution in [0.15, 0.2) is 47.4 Å². The maximum absolute atomic E-state index is 13.7. The van der Waals surface area contributed by atoms with Crippen molar-refractivity contribution in [2.24, 2.45) is 5.92 Å². The Hall–Kier alpha value is -2.66. The van der Waals surface area contributed by atoms with Crippen LogP contribution in [0.4, 0.5) is 11.4 Å². The van der Waals surface area contributed by atoms with E-state index in [9.17, 15) is 18.0 Å². The van der Waals surface area contributed by atoms with Crippen LogP contribution >= 0.6 is 11.6 Å². The summed E-state index contributed by atoms with van der Waals surface area (Å²) in [5.74, 6) is -0.0225. The standard InChI is InChI=1S/C31H43ClN4O5S/c1-23-4-7-27(22-30(23)32)36(31(39)25-10-19-35(20-11-25)24(2)38)16-3-15-34-17-12-29(13-18-34)42(40,41)28-8-5-26(6-9-28)33-14-21-37/h4-9,22,25,29,33,37H,3,10-21H2,1-2H3. The molecule has 0 saturated carbocycles. The van der Waals surface area contributed by atoms with E-state index in [-0.39, 0.29) is 24.3 Å². The van der Waals surface area contributed by atoms with Gasteiger partial charge < -0.3 is 25.1 Å². The van der Waals surface area contributed by atoms with Crippen molar-refractivity contribution < 1.29 is 23.1 Å². The number of benzene rings is 2. The Kier molecular flexibility index (Phi) is 11.3. The number of amides is 2. The molecular formula is C31H43ClN4O5S. The van der Waals surface area contributed by atoms with Gasteiger partial charge in [0.25, 0.3) is 0 Å². The third-order valence-electron chi connectivity index (χ3n) is 8.48. The molecule has 2 aliphatic heterocycles. The number of nitrogens with one attached hydrogen (secondary N) is 1. The number of piperidine rings is 2. The first-order valence-corrected chi connectivity index (χ1v) is 16.8. The maximum Gasteiger partial charge on any atom is 0.230 e. The molecule has 0 spiro atoms. The highest BCUT2D eigenvalue weighted by Gasteiger charge is 2.32. The number of rotatable bonds is 11. The highest BCUT2D eigenvalue weighted by atomic mass is 35.5. The molecule has 0 bridgehead atoms. The van der Waals surface area contributed by atoms with E-state index in [1.807, 2.05) is 30.0 Å². The minimum absolute atomic E-state index is 0.00879. The van der Waals surface area contributed by atoms with Crippen LogP contribution < -0.4 is 10.2 Å². The van der Waals surface area contributed by atoms with E-state index >= 15 is 0 Å². The molecule has 0 aliphatic carbocycles. The summed E-state index contributed by atoms with van der Waals surface area (Å²) in [4.78, 5) is 31.7. The van der Waals surface area contributed by atoms with Crippen molar-refractivity contribution in [3.05, 3.63) is 53.1 Å². The van der Waals surface area contributed by atoms with Gasteiger partial charge in [-0.2, -0.15) is 0 Å². The van der Waals surface area contributed by atoms with Crippen LogP contribution in [0.3, 0.4) is 0 Å². The molecule has 0 unspecified atom stereocenters. The molecule has 2 saturated heterocycles. The van der Waals surface area contributed by atoms with Gasteiger partial charge in [-0.15, -0.1) is 0 Å². The monoisotopic (exact) mass is 618 g/mol. The van der Waals surface area contributed by atoms with Crippen molar-refractivity contribution in [1.82, 2.24) is 9.80 Å². The van der Waals surface area contributed by atoms with Gasteiger partial charge in [0.15, 0.2) is 9.84 Å². The zero-order valence-corrected chi connectivity index (χ0v) is 26.2. The summed E-state index contributed by atoms with van der Waals surface area (Å²) in [6, 6.07) is 12.5. The number of carbonyl (C=O) groups excluding carboxylic acids is 2. The van der Waals surface area contributed by atoms with E-state index in [1.165, 1.54) is 0 Å². The van der Waals surface area contributed by atoms with Gasteiger partial charge in [-0.3, -0.25) is 9.59 Å². The van der Waals surface area contributed by atoms with Crippen LogP contribution in [0.2, 0.25) is 5.02 Å². The number of aliphatic hydroxyl groups is 1. The normalized spacial score (nSPS) is 17.3. The minimum Gasteiger partial charge on any atom is -0.395 e. The lowest BCUT2D eigenvalue weighted by atomic mass is 9.94. The molecule has 2 aromatic rings. The second-order valence-electron chi connectivity index (χ2n) is 11.3. The molecule has 2 N–H and O–H groups in total. The van der Waals surface area contributed by atoms with Gasteiger partial charge in [-0.1, -0.05) is 17.7 Å². The third-order valence-corrected chi connectivity index (χ3v) is 11.2. The summed E-state index contributed by atoms with van der Waals surface area (Å²) in [5, 5.41) is 12.2. The maximum atomic E-state index is 13.7. The molecule has 2 heterocycles. The first-order valence-electron chi connectivity index (χ1n) is 14.8. The zero-order chi connectivity index (χ0) is 30.3. The molecule has 2 fully saturated rings. The molecule has 2 aromatic carbocycles. The Morgan fingerprint density at radius 3 is 2.29 bits per heavy atom. The van der Waals surface area contributed by atoms with Gasteiger partial charge >= 0.3 is 0 Å². The predicted octanol–water partition coefficient (Wildman–Crippen LogP) is 3.97. The van der Waals surface area contributed by atoms with Crippen LogP contribution in [-0.4, -0.2) is 92.8 Å². The van der Waals surface area contributed by atoms with Crippen molar-refractivity contribution in [3.63, 3.8) is 0 Å². The van der Waals surface area contributed by atoms with Gasteiger partial charge in [0.1, 0.15) is 0 Å². The number of aliphatic hydroxyl groups excluding tert-OH is 1. The molecule has 2 aliphatic rings. The minimum atomic E-state index is -3.43. The second-order valence-corrected chi connectivity index (χ2v) is 14.0. The van der Waals surface area contributed by atoms with Crippen molar-refractivity contribution in [1.29, 1.82) is 0 Å². The molecule has 9 nitrogen and oxygen atoms in total. The summed E-state index contributed by atoms with van der Waals surface area (Å²) < 4.78 is 26.5. The fourth-order valence-corrected chi connectivity index (χ4v) is 7.74. The zero-order valence-electron chi connectivity index (χ0n) is 24.6. The number of likely N-dealkylation sites (tertiary alicyclic amines) is 2. The largest absolute Gasteiger partial charge is 0.395 e. The van der Waals surface area contributed by atoms with E-state index in [4.69, 9.17) is 16.7 Å². The lowest BCUT2D eigenvalue weighted by Gasteiger charge is -2.35. The summed E-state index contributed by atoms with van der Waals surface area (Å²) in [7, 11) is -3.43. The number of halogens is 1. The van der Waals surface area contributed by atoms with E-state index in [1.54, 1.807) is 36.1 Å². The van der Waals surface area contributed by atoms with Crippen LogP contribution in [0.1, 0.15) is 44.6 Å². The second kappa shape index (κ2) is 14.7. The van der Waals surface area contributed by atoms with Crippen molar-refractivity contribution in [2.75, 3.05) is 62.6 Å². The van der Waals surface area contributed by atoms with Gasteiger partial charge in [0, 0.05) is 55.4 Å². The van der Waals surface area contributed by atoms with E-state index in [0.717, 1.165) is 29.9 Å². The highest BCUT2D eigenvalue weighted by molar-refractivity contribution is 7.92. The Balaban J connectivity index is 1.32. The summed E-state index contributed by atoms with van der Waals surface area (Å²) in [6.45, 7) is 7.80. The van der Waals surface area contributed by atoms with Gasteiger partial charge in [-0.25, -0.2) is 8.42 Å². The molecule has 2 amide bonds. The number of hydrogen-bond acceptors (Lipinski definition) is 7. The van der Waals surface area contributed by atoms with Crippen LogP contribution in [0.5, 0.6) is 0 Å². The number of nitrogens with zero attached hydrogens (tertiary/aromatic N) is 3. The van der Waals surface area contributed by atoms with Gasteiger partial charge in [0.05, 0.1) is 16.8 Å². The van der Waals surface area contributed by atoms with Crippen molar-refractivity contribution in [3.8, 4) is 0 Å². The van der Waals surface area contributed by atoms with E-state index in [2.05, 4.69) is 10.2 Å². The van der Waals surface area contributed by atoms with E-state index < -0.39 is 15.1 Å². The first kappa shape index (κ1) is 32.3. The highest BCUT2D eigenvalue weighted by Crippen LogP contribution is 2.29.